The Morgan fingerprint density at radius 3 is 2.21 bits per heavy atom. The average Bonchev–Trinajstić information content (AvgIpc) is 3.53. The van der Waals surface area contributed by atoms with Gasteiger partial charge in [-0.3, -0.25) is 14.3 Å². The van der Waals surface area contributed by atoms with Crippen molar-refractivity contribution < 1.29 is 41.1 Å². The summed E-state index contributed by atoms with van der Waals surface area (Å²) in [5.41, 5.74) is -1.91. The zero-order valence-corrected chi connectivity index (χ0v) is 28.2. The van der Waals surface area contributed by atoms with Crippen molar-refractivity contribution in [1.29, 1.82) is 0 Å². The summed E-state index contributed by atoms with van der Waals surface area (Å²) in [7, 11) is 2.54. The first-order valence-corrected chi connectivity index (χ1v) is 16.1. The highest BCUT2D eigenvalue weighted by Crippen LogP contribution is 2.42. The van der Waals surface area contributed by atoms with Crippen molar-refractivity contribution in [3.63, 3.8) is 0 Å². The number of hydrogen-bond donors (Lipinski definition) is 0. The molecule has 0 N–H and O–H groups in total. The lowest BCUT2D eigenvalue weighted by molar-refractivity contribution is -0.138. The molecule has 2 heterocycles. The molecule has 0 saturated heterocycles. The number of ether oxygens (including phenoxy) is 2. The zero-order valence-electron chi connectivity index (χ0n) is 28.2. The highest BCUT2D eigenvalue weighted by molar-refractivity contribution is 6.06. The quantitative estimate of drug-likeness (QED) is 0.0869. The lowest BCUT2D eigenvalue weighted by Gasteiger charge is -2.24. The number of hydrogen-bond acceptors (Lipinski definition) is 6. The maximum atomic E-state index is 16.0. The minimum Gasteiger partial charge on any atom is -0.494 e. The van der Waals surface area contributed by atoms with Crippen molar-refractivity contribution in [3.8, 4) is 16.9 Å². The smallest absolute Gasteiger partial charge is 0.416 e. The fraction of sp³-hybridized carbons (Fsp3) is 0.205. The lowest BCUT2D eigenvalue weighted by Crippen LogP contribution is -2.32. The van der Waals surface area contributed by atoms with Gasteiger partial charge < -0.3 is 14.3 Å². The molecule has 1 unspecified atom stereocenters. The number of aromatic nitrogens is 1. The van der Waals surface area contributed by atoms with Gasteiger partial charge in [-0.05, 0) is 36.2 Å². The Morgan fingerprint density at radius 1 is 0.885 bits per heavy atom. The van der Waals surface area contributed by atoms with Crippen LogP contribution >= 0.6 is 0 Å². The van der Waals surface area contributed by atoms with E-state index in [-0.39, 0.29) is 52.7 Å². The third-order valence-corrected chi connectivity index (χ3v) is 8.91. The van der Waals surface area contributed by atoms with Gasteiger partial charge in [0.15, 0.2) is 11.6 Å². The summed E-state index contributed by atoms with van der Waals surface area (Å²) in [6.07, 6.45) is -6.63. The molecule has 1 atom stereocenters. The number of carbonyl (C=O) groups excluding carboxylic acids is 1. The van der Waals surface area contributed by atoms with E-state index in [0.717, 1.165) is 23.1 Å². The van der Waals surface area contributed by atoms with Crippen molar-refractivity contribution in [1.82, 2.24) is 4.57 Å². The van der Waals surface area contributed by atoms with Gasteiger partial charge in [0.25, 0.3) is 5.56 Å². The van der Waals surface area contributed by atoms with Gasteiger partial charge in [-0.2, -0.15) is 13.2 Å². The molecular weight excluding hydrogens is 685 g/mol. The standard InChI is InChI=1S/C39H32F5N3O5/c1-23-27(20-28-29(39(42,43)44)17-11-18-30(28)40)36-46(38(49)52-22-24-12-6-4-7-13-24)21-31(35(45-51-3)25-14-8-5-9-15-25)47(36)37(48)33(23)26-16-10-19-32(50-2)34(26)41/h4-19,31H,20-22H2,1-3H3. The Kier molecular flexibility index (Phi) is 10.1. The number of fused-ring (bicyclic) bond motifs is 1. The summed E-state index contributed by atoms with van der Waals surface area (Å²) in [6, 6.07) is 23.0. The van der Waals surface area contributed by atoms with Crippen molar-refractivity contribution in [2.75, 3.05) is 25.7 Å². The number of methoxy groups -OCH3 is 1. The van der Waals surface area contributed by atoms with E-state index in [0.29, 0.717) is 11.1 Å². The van der Waals surface area contributed by atoms with Gasteiger partial charge in [0.2, 0.25) is 0 Å². The summed E-state index contributed by atoms with van der Waals surface area (Å²) >= 11 is 0. The highest BCUT2D eigenvalue weighted by Gasteiger charge is 2.43. The monoisotopic (exact) mass is 717 g/mol. The van der Waals surface area contributed by atoms with Gasteiger partial charge in [0.05, 0.1) is 24.8 Å². The number of nitrogens with zero attached hydrogens (tertiary/aromatic N) is 3. The first-order chi connectivity index (χ1) is 25.0. The number of benzene rings is 4. The number of pyridine rings is 1. The van der Waals surface area contributed by atoms with E-state index in [1.165, 1.54) is 43.9 Å². The van der Waals surface area contributed by atoms with E-state index in [4.69, 9.17) is 14.3 Å². The van der Waals surface area contributed by atoms with E-state index >= 15 is 8.78 Å². The maximum Gasteiger partial charge on any atom is 0.416 e. The first kappa shape index (κ1) is 35.8. The zero-order chi connectivity index (χ0) is 37.2. The molecule has 52 heavy (non-hydrogen) atoms. The van der Waals surface area contributed by atoms with Crippen LogP contribution in [-0.4, -0.2) is 37.1 Å². The summed E-state index contributed by atoms with van der Waals surface area (Å²) in [5, 5.41) is 4.22. The van der Waals surface area contributed by atoms with Crippen LogP contribution in [0, 0.1) is 18.6 Å². The van der Waals surface area contributed by atoms with E-state index in [2.05, 4.69) is 5.16 Å². The molecule has 0 fully saturated rings. The van der Waals surface area contributed by atoms with Crippen LogP contribution in [-0.2, 0) is 28.8 Å². The molecule has 0 radical (unpaired) electrons. The second kappa shape index (κ2) is 14.7. The fourth-order valence-corrected chi connectivity index (χ4v) is 6.52. The summed E-state index contributed by atoms with van der Waals surface area (Å²) in [5.74, 6) is -2.41. The van der Waals surface area contributed by atoms with Gasteiger partial charge >= 0.3 is 12.3 Å². The van der Waals surface area contributed by atoms with Crippen LogP contribution < -0.4 is 15.2 Å². The molecule has 1 amide bonds. The third-order valence-electron chi connectivity index (χ3n) is 8.91. The van der Waals surface area contributed by atoms with Crippen molar-refractivity contribution in [2.24, 2.45) is 5.16 Å². The Balaban J connectivity index is 1.67. The van der Waals surface area contributed by atoms with Gasteiger partial charge in [0, 0.05) is 28.7 Å². The predicted molar refractivity (Wildman–Crippen MR) is 185 cm³/mol. The SMILES string of the molecule is CON=C(c1ccccc1)C1CN(C(=O)OCc2ccccc2)c2c(Cc3c(F)cccc3C(F)(F)F)c(C)c(-c3cccc(OC)c3F)c(=O)n21. The molecule has 4 aromatic carbocycles. The minimum atomic E-state index is -4.95. The molecule has 0 aliphatic carbocycles. The Labute approximate surface area is 295 Å². The van der Waals surface area contributed by atoms with Crippen LogP contribution in [0.25, 0.3) is 11.1 Å². The number of rotatable bonds is 9. The van der Waals surface area contributed by atoms with Crippen molar-refractivity contribution in [2.45, 2.75) is 32.2 Å². The largest absolute Gasteiger partial charge is 0.494 e. The number of alkyl halides is 3. The van der Waals surface area contributed by atoms with Crippen LogP contribution in [0.5, 0.6) is 5.75 Å². The number of oxime groups is 1. The van der Waals surface area contributed by atoms with Crippen LogP contribution in [0.2, 0.25) is 0 Å². The molecule has 6 rings (SSSR count). The summed E-state index contributed by atoms with van der Waals surface area (Å²) < 4.78 is 86.6. The fourth-order valence-electron chi connectivity index (χ4n) is 6.52. The topological polar surface area (TPSA) is 82.4 Å². The maximum absolute atomic E-state index is 16.0. The van der Waals surface area contributed by atoms with Gasteiger partial charge in [0.1, 0.15) is 37.1 Å². The van der Waals surface area contributed by atoms with Crippen molar-refractivity contribution in [3.05, 3.63) is 152 Å². The number of halogens is 5. The number of carbonyl (C=O) groups is 1. The molecule has 1 aliphatic heterocycles. The normalized spacial score (nSPS) is 14.3. The third kappa shape index (κ3) is 6.73. The Hall–Kier alpha value is -5.98. The average molecular weight is 718 g/mol. The second-order valence-corrected chi connectivity index (χ2v) is 11.9. The van der Waals surface area contributed by atoms with E-state index in [1.54, 1.807) is 60.7 Å². The lowest BCUT2D eigenvalue weighted by atomic mass is 9.91. The highest BCUT2D eigenvalue weighted by atomic mass is 19.4. The van der Waals surface area contributed by atoms with Gasteiger partial charge in [-0.25, -0.2) is 13.6 Å². The minimum absolute atomic E-state index is 0.0197. The molecule has 5 aromatic rings. The molecule has 13 heteroatoms. The Bertz CT molecular complexity index is 2210. The molecule has 1 aliphatic rings. The second-order valence-electron chi connectivity index (χ2n) is 11.9. The van der Waals surface area contributed by atoms with Crippen LogP contribution in [0.4, 0.5) is 32.6 Å². The van der Waals surface area contributed by atoms with Gasteiger partial charge in [-0.1, -0.05) is 84.0 Å². The van der Waals surface area contributed by atoms with Gasteiger partial charge in [-0.15, -0.1) is 0 Å². The Morgan fingerprint density at radius 2 is 1.56 bits per heavy atom. The van der Waals surface area contributed by atoms with Crippen molar-refractivity contribution >= 4 is 17.6 Å². The molecule has 0 spiro atoms. The number of anilines is 1. The van der Waals surface area contributed by atoms with Crippen LogP contribution in [0.1, 0.15) is 39.4 Å². The van der Waals surface area contributed by atoms with Crippen LogP contribution in [0.3, 0.4) is 0 Å². The molecular formula is C39H32F5N3O5. The van der Waals surface area contributed by atoms with E-state index in [1.807, 2.05) is 0 Å². The van der Waals surface area contributed by atoms with E-state index < -0.39 is 53.1 Å². The number of amides is 1. The molecule has 268 valence electrons. The summed E-state index contributed by atoms with van der Waals surface area (Å²) in [4.78, 5) is 35.2. The van der Waals surface area contributed by atoms with Crippen LogP contribution in [0.15, 0.2) is 107 Å². The summed E-state index contributed by atoms with van der Waals surface area (Å²) in [6.45, 7) is 0.956. The van der Waals surface area contributed by atoms with E-state index in [9.17, 15) is 22.8 Å². The molecule has 8 nitrogen and oxygen atoms in total. The molecule has 0 saturated carbocycles. The predicted octanol–water partition coefficient (Wildman–Crippen LogP) is 8.47. The molecule has 0 bridgehead atoms. The molecule has 1 aromatic heterocycles. The first-order valence-electron chi connectivity index (χ1n) is 16.1.